The van der Waals surface area contributed by atoms with Crippen LogP contribution in [-0.2, 0) is 30.2 Å². The number of benzene rings is 1. The summed E-state index contributed by atoms with van der Waals surface area (Å²) in [7, 11) is 1.42. The summed E-state index contributed by atoms with van der Waals surface area (Å²) >= 11 is 0. The first-order valence-corrected chi connectivity index (χ1v) is 14.5. The molecule has 2 aliphatic rings. The number of carbonyl (C=O) groups excluding carboxylic acids is 1. The fraction of sp³-hybridized carbons (Fsp3) is 0.636. The number of rotatable bonds is 14. The van der Waals surface area contributed by atoms with E-state index in [9.17, 15) is 4.79 Å². The highest BCUT2D eigenvalue weighted by atomic mass is 16.7. The maximum atomic E-state index is 11.6. The Bertz CT molecular complexity index is 1130. The second-order valence-electron chi connectivity index (χ2n) is 10.9. The van der Waals surface area contributed by atoms with Gasteiger partial charge in [-0.15, -0.1) is 11.8 Å². The summed E-state index contributed by atoms with van der Waals surface area (Å²) in [5.41, 5.74) is 1.04. The summed E-state index contributed by atoms with van der Waals surface area (Å²) in [5.74, 6) is 6.70. The first-order valence-electron chi connectivity index (χ1n) is 14.5. The van der Waals surface area contributed by atoms with Crippen molar-refractivity contribution in [3.8, 4) is 17.6 Å². The van der Waals surface area contributed by atoms with Gasteiger partial charge in [-0.3, -0.25) is 14.4 Å². The molecule has 0 radical (unpaired) electrons. The van der Waals surface area contributed by atoms with Gasteiger partial charge in [0.05, 0.1) is 25.2 Å². The van der Waals surface area contributed by atoms with Crippen LogP contribution >= 0.6 is 0 Å². The predicted molar refractivity (Wildman–Crippen MR) is 155 cm³/mol. The zero-order valence-electron chi connectivity index (χ0n) is 25.1. The van der Waals surface area contributed by atoms with Gasteiger partial charge < -0.3 is 18.9 Å². The number of carbonyl (C=O) groups is 1. The van der Waals surface area contributed by atoms with E-state index in [1.54, 1.807) is 6.92 Å². The number of fused-ring (bicyclic) bond motifs is 3. The quantitative estimate of drug-likeness (QED) is 0.0869. The molecule has 0 saturated heterocycles. The number of aryl methyl sites for hydroxylation is 1. The minimum Gasteiger partial charge on any atom is -0.489 e. The van der Waals surface area contributed by atoms with Crippen LogP contribution in [0.25, 0.3) is 4.85 Å². The molecule has 40 heavy (non-hydrogen) atoms. The molecular formula is C33H45NO6. The fourth-order valence-corrected chi connectivity index (χ4v) is 5.84. The van der Waals surface area contributed by atoms with E-state index in [2.05, 4.69) is 41.0 Å². The van der Waals surface area contributed by atoms with E-state index in [4.69, 9.17) is 30.3 Å². The van der Waals surface area contributed by atoms with Gasteiger partial charge in [-0.05, 0) is 53.0 Å². The Morgan fingerprint density at radius 3 is 2.73 bits per heavy atom. The lowest BCUT2D eigenvalue weighted by Crippen LogP contribution is -2.38. The second kappa shape index (κ2) is 14.7. The van der Waals surface area contributed by atoms with Crippen molar-refractivity contribution in [2.24, 2.45) is 11.8 Å². The standard InChI is InChI=1S/C33H45NO6/c1-9-11-14-23(5)33(34-7,40-24(6)37-10-2)20-19-26-28(38-22(3)4)21-29-31(26)27-17-12-15-25(32(27)39-29)16-13-18-30(35)36-8/h12,15,17,19-20,22-24,26,28-29,31H,10,13-14,16,18,21H2,1-6,8H3/b20-19+/t23-,24?,26+,28-,29+,31+,33?/m1/s1. The highest BCUT2D eigenvalue weighted by Gasteiger charge is 2.51. The van der Waals surface area contributed by atoms with Crippen LogP contribution in [0.15, 0.2) is 30.4 Å². The lowest BCUT2D eigenvalue weighted by molar-refractivity contribution is -0.182. The molecule has 2 unspecified atom stereocenters. The monoisotopic (exact) mass is 551 g/mol. The van der Waals surface area contributed by atoms with E-state index >= 15 is 0 Å². The molecule has 0 N–H and O–H groups in total. The summed E-state index contributed by atoms with van der Waals surface area (Å²) in [6, 6.07) is 6.28. The van der Waals surface area contributed by atoms with Gasteiger partial charge in [-0.1, -0.05) is 31.2 Å². The molecule has 1 aliphatic carbocycles. The van der Waals surface area contributed by atoms with Crippen molar-refractivity contribution in [3.05, 3.63) is 52.9 Å². The Hall–Kier alpha value is -2.84. The van der Waals surface area contributed by atoms with Crippen LogP contribution in [0.2, 0.25) is 0 Å². The van der Waals surface area contributed by atoms with Crippen molar-refractivity contribution in [2.75, 3.05) is 13.7 Å². The van der Waals surface area contributed by atoms with E-state index in [-0.39, 0.29) is 42.0 Å². The number of methoxy groups -OCH3 is 1. The van der Waals surface area contributed by atoms with Gasteiger partial charge in [-0.2, -0.15) is 0 Å². The van der Waals surface area contributed by atoms with Crippen molar-refractivity contribution < 1.29 is 28.5 Å². The molecule has 0 amide bonds. The van der Waals surface area contributed by atoms with Gasteiger partial charge >= 0.3 is 11.7 Å². The van der Waals surface area contributed by atoms with Crippen LogP contribution in [0.5, 0.6) is 5.75 Å². The SMILES string of the molecule is [C-]#[N+]C(/C=C/[C@@H]1[C@H]2c3cccc(CCCC(=O)OC)c3O[C@H]2C[C@H]1OC(C)C)(OC(C)OCC)[C@H](C)CC#CC. The summed E-state index contributed by atoms with van der Waals surface area (Å²) in [5, 5.41) is 0. The van der Waals surface area contributed by atoms with Gasteiger partial charge in [0.25, 0.3) is 0 Å². The Kier molecular flexibility index (Phi) is 11.6. The van der Waals surface area contributed by atoms with Gasteiger partial charge in [0.15, 0.2) is 6.29 Å². The number of hydrogen-bond donors (Lipinski definition) is 0. The first-order chi connectivity index (χ1) is 19.2. The first kappa shape index (κ1) is 31.7. The van der Waals surface area contributed by atoms with Crippen LogP contribution < -0.4 is 4.74 Å². The molecule has 1 aromatic carbocycles. The summed E-state index contributed by atoms with van der Waals surface area (Å²) in [6.07, 6.45) is 6.58. The van der Waals surface area contributed by atoms with E-state index in [0.717, 1.165) is 29.7 Å². The molecular weight excluding hydrogens is 506 g/mol. The van der Waals surface area contributed by atoms with E-state index in [0.29, 0.717) is 25.9 Å². The topological polar surface area (TPSA) is 67.6 Å². The van der Waals surface area contributed by atoms with Gasteiger partial charge in [0.2, 0.25) is 0 Å². The summed E-state index contributed by atoms with van der Waals surface area (Å²) < 4.78 is 29.8. The van der Waals surface area contributed by atoms with Crippen LogP contribution in [0.1, 0.15) is 84.3 Å². The fourth-order valence-electron chi connectivity index (χ4n) is 5.84. The highest BCUT2D eigenvalue weighted by Crippen LogP contribution is 2.53. The average molecular weight is 552 g/mol. The minimum absolute atomic E-state index is 0.00412. The molecule has 0 aromatic heterocycles. The van der Waals surface area contributed by atoms with E-state index < -0.39 is 12.0 Å². The zero-order valence-corrected chi connectivity index (χ0v) is 25.1. The second-order valence-corrected chi connectivity index (χ2v) is 10.9. The van der Waals surface area contributed by atoms with Crippen LogP contribution in [-0.4, -0.2) is 50.0 Å². The Morgan fingerprint density at radius 1 is 1.30 bits per heavy atom. The number of para-hydroxylation sites is 1. The molecule has 0 bridgehead atoms. The zero-order chi connectivity index (χ0) is 29.3. The predicted octanol–water partition coefficient (Wildman–Crippen LogP) is 6.46. The molecule has 7 nitrogen and oxygen atoms in total. The molecule has 1 fully saturated rings. The average Bonchev–Trinajstić information content (AvgIpc) is 3.45. The van der Waals surface area contributed by atoms with E-state index in [1.165, 1.54) is 7.11 Å². The van der Waals surface area contributed by atoms with Crippen molar-refractivity contribution in [3.63, 3.8) is 0 Å². The molecule has 1 aliphatic heterocycles. The molecule has 7 atom stereocenters. The highest BCUT2D eigenvalue weighted by molar-refractivity contribution is 5.69. The molecule has 1 aromatic rings. The summed E-state index contributed by atoms with van der Waals surface area (Å²) in [4.78, 5) is 15.7. The largest absolute Gasteiger partial charge is 0.489 e. The molecule has 3 rings (SSSR count). The van der Waals surface area contributed by atoms with Crippen molar-refractivity contribution in [1.29, 1.82) is 0 Å². The van der Waals surface area contributed by atoms with Crippen LogP contribution in [0, 0.1) is 30.2 Å². The van der Waals surface area contributed by atoms with Gasteiger partial charge in [0, 0.05) is 49.3 Å². The third-order valence-electron chi connectivity index (χ3n) is 7.75. The smallest absolute Gasteiger partial charge is 0.362 e. The normalized spacial score (nSPS) is 24.3. The maximum Gasteiger partial charge on any atom is 0.362 e. The third-order valence-corrected chi connectivity index (χ3v) is 7.75. The number of hydrogen-bond acceptors (Lipinski definition) is 6. The molecule has 218 valence electrons. The maximum absolute atomic E-state index is 11.6. The summed E-state index contributed by atoms with van der Waals surface area (Å²) in [6.45, 7) is 20.3. The number of esters is 1. The van der Waals surface area contributed by atoms with Gasteiger partial charge in [-0.25, -0.2) is 6.57 Å². The minimum atomic E-state index is -1.23. The van der Waals surface area contributed by atoms with E-state index in [1.807, 2.05) is 40.7 Å². The van der Waals surface area contributed by atoms with Gasteiger partial charge in [0.1, 0.15) is 11.9 Å². The van der Waals surface area contributed by atoms with Crippen LogP contribution in [0.4, 0.5) is 0 Å². The molecule has 7 heteroatoms. The molecule has 1 saturated carbocycles. The molecule has 1 heterocycles. The lowest BCUT2D eigenvalue weighted by Gasteiger charge is -2.29. The number of nitrogens with zero attached hydrogens (tertiary/aromatic N) is 1. The van der Waals surface area contributed by atoms with Crippen LogP contribution in [0.3, 0.4) is 0 Å². The third kappa shape index (κ3) is 7.46. The number of ether oxygens (including phenoxy) is 5. The van der Waals surface area contributed by atoms with Crippen molar-refractivity contribution >= 4 is 5.97 Å². The van der Waals surface area contributed by atoms with Crippen molar-refractivity contribution in [1.82, 2.24) is 0 Å². The Morgan fingerprint density at radius 2 is 2.08 bits per heavy atom. The molecule has 0 spiro atoms. The van der Waals surface area contributed by atoms with Crippen molar-refractivity contribution in [2.45, 2.75) is 110 Å². The Balaban J connectivity index is 1.96. The lowest BCUT2D eigenvalue weighted by atomic mass is 9.85. The Labute approximate surface area is 240 Å².